The van der Waals surface area contributed by atoms with Crippen LogP contribution in [0, 0.1) is 10.1 Å². The lowest BCUT2D eigenvalue weighted by Crippen LogP contribution is -2.18. The predicted octanol–water partition coefficient (Wildman–Crippen LogP) is 3.34. The second-order valence-corrected chi connectivity index (χ2v) is 5.47. The summed E-state index contributed by atoms with van der Waals surface area (Å²) in [6.45, 7) is 2.72. The van der Waals surface area contributed by atoms with Crippen LogP contribution < -0.4 is 4.90 Å². The molecular weight excluding hydrogens is 320 g/mol. The number of anilines is 2. The number of rotatable bonds is 4. The van der Waals surface area contributed by atoms with Gasteiger partial charge in [0.25, 0.3) is 11.5 Å². The standard InChI is InChI=1S/C17H14N6O2/c1-2-21(12-6-4-3-5-7-12)16-14-9-8-13(23(24)25)10-15(14)22-11-18-20-17(22)19-16/h3-11H,2H2,1H3. The summed E-state index contributed by atoms with van der Waals surface area (Å²) in [5, 5.41) is 19.9. The fraction of sp³-hybridized carbons (Fsp3) is 0.118. The summed E-state index contributed by atoms with van der Waals surface area (Å²) in [6.07, 6.45) is 1.51. The van der Waals surface area contributed by atoms with Crippen molar-refractivity contribution < 1.29 is 4.92 Å². The highest BCUT2D eigenvalue weighted by Gasteiger charge is 2.18. The molecule has 0 fully saturated rings. The molecule has 0 aliphatic heterocycles. The van der Waals surface area contributed by atoms with Crippen LogP contribution in [0.4, 0.5) is 17.2 Å². The SMILES string of the molecule is CCN(c1ccccc1)c1nc2nncn2c2cc([N+](=O)[O-])ccc12. The second-order valence-electron chi connectivity index (χ2n) is 5.47. The number of fused-ring (bicyclic) bond motifs is 3. The van der Waals surface area contributed by atoms with Crippen LogP contribution in [0.1, 0.15) is 6.92 Å². The number of non-ortho nitro benzene ring substituents is 1. The van der Waals surface area contributed by atoms with Crippen molar-refractivity contribution >= 4 is 33.9 Å². The highest BCUT2D eigenvalue weighted by molar-refractivity contribution is 5.94. The normalized spacial score (nSPS) is 11.1. The van der Waals surface area contributed by atoms with E-state index >= 15 is 0 Å². The fourth-order valence-electron chi connectivity index (χ4n) is 2.92. The van der Waals surface area contributed by atoms with Crippen LogP contribution in [-0.2, 0) is 0 Å². The minimum absolute atomic E-state index is 0.0161. The molecule has 8 heteroatoms. The summed E-state index contributed by atoms with van der Waals surface area (Å²) in [5.74, 6) is 1.09. The smallest absolute Gasteiger partial charge is 0.271 e. The first-order valence-corrected chi connectivity index (χ1v) is 7.79. The molecule has 0 aliphatic carbocycles. The molecule has 2 heterocycles. The third-order valence-corrected chi connectivity index (χ3v) is 4.07. The second kappa shape index (κ2) is 5.82. The van der Waals surface area contributed by atoms with Gasteiger partial charge in [0, 0.05) is 29.8 Å². The molecular formula is C17H14N6O2. The quantitative estimate of drug-likeness (QED) is 0.420. The van der Waals surface area contributed by atoms with Gasteiger partial charge >= 0.3 is 0 Å². The number of nitro benzene ring substituents is 1. The molecule has 2 aromatic heterocycles. The Labute approximate surface area is 142 Å². The summed E-state index contributed by atoms with van der Waals surface area (Å²) >= 11 is 0. The molecule has 0 atom stereocenters. The van der Waals surface area contributed by atoms with Crippen LogP contribution in [0.25, 0.3) is 16.7 Å². The van der Waals surface area contributed by atoms with Gasteiger partial charge in [0.05, 0.1) is 10.4 Å². The highest BCUT2D eigenvalue weighted by atomic mass is 16.6. The first kappa shape index (κ1) is 15.0. The zero-order valence-corrected chi connectivity index (χ0v) is 13.4. The van der Waals surface area contributed by atoms with Gasteiger partial charge in [-0.25, -0.2) is 0 Å². The van der Waals surface area contributed by atoms with E-state index in [1.807, 2.05) is 42.2 Å². The molecule has 0 bridgehead atoms. The minimum Gasteiger partial charge on any atom is -0.326 e. The number of aromatic nitrogens is 4. The maximum Gasteiger partial charge on any atom is 0.271 e. The predicted molar refractivity (Wildman–Crippen MR) is 94.1 cm³/mol. The molecule has 0 radical (unpaired) electrons. The molecule has 0 aliphatic rings. The molecule has 0 amide bonds. The van der Waals surface area contributed by atoms with Gasteiger partial charge in [-0.3, -0.25) is 14.5 Å². The number of benzene rings is 2. The molecule has 8 nitrogen and oxygen atoms in total. The summed E-state index contributed by atoms with van der Waals surface area (Å²) in [6, 6.07) is 14.6. The summed E-state index contributed by atoms with van der Waals surface area (Å²) in [4.78, 5) is 17.4. The van der Waals surface area contributed by atoms with Crippen molar-refractivity contribution in [3.63, 3.8) is 0 Å². The lowest BCUT2D eigenvalue weighted by atomic mass is 10.2. The Kier molecular flexibility index (Phi) is 3.50. The Morgan fingerprint density at radius 3 is 2.72 bits per heavy atom. The van der Waals surface area contributed by atoms with Gasteiger partial charge in [0.15, 0.2) is 0 Å². The van der Waals surface area contributed by atoms with E-state index in [1.54, 1.807) is 10.5 Å². The maximum atomic E-state index is 11.2. The maximum absolute atomic E-state index is 11.2. The summed E-state index contributed by atoms with van der Waals surface area (Å²) in [7, 11) is 0. The lowest BCUT2D eigenvalue weighted by molar-refractivity contribution is -0.384. The van der Waals surface area contributed by atoms with Crippen molar-refractivity contribution in [2.45, 2.75) is 6.92 Å². The van der Waals surface area contributed by atoms with E-state index in [1.165, 1.54) is 18.5 Å². The van der Waals surface area contributed by atoms with Crippen LogP contribution in [0.5, 0.6) is 0 Å². The molecule has 0 unspecified atom stereocenters. The average molecular weight is 334 g/mol. The van der Waals surface area contributed by atoms with Crippen molar-refractivity contribution in [2.24, 2.45) is 0 Å². The van der Waals surface area contributed by atoms with Crippen LogP contribution >= 0.6 is 0 Å². The van der Waals surface area contributed by atoms with Gasteiger partial charge in [-0.15, -0.1) is 10.2 Å². The van der Waals surface area contributed by atoms with Gasteiger partial charge in [-0.1, -0.05) is 18.2 Å². The number of hydrogen-bond donors (Lipinski definition) is 0. The summed E-state index contributed by atoms with van der Waals surface area (Å²) < 4.78 is 1.66. The zero-order chi connectivity index (χ0) is 17.4. The molecule has 0 saturated heterocycles. The Bertz CT molecular complexity index is 1080. The van der Waals surface area contributed by atoms with Crippen LogP contribution in [0.2, 0.25) is 0 Å². The number of hydrogen-bond acceptors (Lipinski definition) is 6. The number of para-hydroxylation sites is 1. The van der Waals surface area contributed by atoms with Crippen LogP contribution in [-0.4, -0.2) is 31.1 Å². The number of nitrogens with zero attached hydrogens (tertiary/aromatic N) is 6. The molecule has 4 rings (SSSR count). The van der Waals surface area contributed by atoms with Gasteiger partial charge in [-0.2, -0.15) is 4.98 Å². The van der Waals surface area contributed by atoms with Gasteiger partial charge in [0.1, 0.15) is 12.1 Å². The van der Waals surface area contributed by atoms with Crippen molar-refractivity contribution in [3.05, 3.63) is 65.0 Å². The molecule has 0 spiro atoms. The van der Waals surface area contributed by atoms with E-state index in [0.29, 0.717) is 23.7 Å². The zero-order valence-electron chi connectivity index (χ0n) is 13.4. The third-order valence-electron chi connectivity index (χ3n) is 4.07. The largest absolute Gasteiger partial charge is 0.326 e. The Hall–Kier alpha value is -3.55. The van der Waals surface area contributed by atoms with Crippen molar-refractivity contribution in [1.82, 2.24) is 19.6 Å². The number of nitro groups is 1. The van der Waals surface area contributed by atoms with Crippen LogP contribution in [0.3, 0.4) is 0 Å². The van der Waals surface area contributed by atoms with Gasteiger partial charge < -0.3 is 4.90 Å². The van der Waals surface area contributed by atoms with Gasteiger partial charge in [0.2, 0.25) is 0 Å². The highest BCUT2D eigenvalue weighted by Crippen LogP contribution is 2.32. The van der Waals surface area contributed by atoms with E-state index in [-0.39, 0.29) is 5.69 Å². The molecule has 0 saturated carbocycles. The molecule has 124 valence electrons. The first-order valence-electron chi connectivity index (χ1n) is 7.79. The Balaban J connectivity index is 2.03. The van der Waals surface area contributed by atoms with E-state index in [0.717, 1.165) is 11.1 Å². The molecule has 25 heavy (non-hydrogen) atoms. The fourth-order valence-corrected chi connectivity index (χ4v) is 2.92. The van der Waals surface area contributed by atoms with Crippen molar-refractivity contribution in [3.8, 4) is 0 Å². The van der Waals surface area contributed by atoms with E-state index in [2.05, 4.69) is 15.2 Å². The topological polar surface area (TPSA) is 89.5 Å². The van der Waals surface area contributed by atoms with Crippen molar-refractivity contribution in [1.29, 1.82) is 0 Å². The third kappa shape index (κ3) is 2.44. The van der Waals surface area contributed by atoms with E-state index in [9.17, 15) is 10.1 Å². The molecule has 4 aromatic rings. The average Bonchev–Trinajstić information content (AvgIpc) is 3.11. The summed E-state index contributed by atoms with van der Waals surface area (Å²) in [5.41, 5.74) is 1.65. The molecule has 2 aromatic carbocycles. The van der Waals surface area contributed by atoms with E-state index in [4.69, 9.17) is 0 Å². The Morgan fingerprint density at radius 1 is 1.20 bits per heavy atom. The molecule has 0 N–H and O–H groups in total. The minimum atomic E-state index is -0.412. The first-order chi connectivity index (χ1) is 12.2. The van der Waals surface area contributed by atoms with Crippen molar-refractivity contribution in [2.75, 3.05) is 11.4 Å². The van der Waals surface area contributed by atoms with Gasteiger partial charge in [-0.05, 0) is 25.1 Å². The lowest BCUT2D eigenvalue weighted by Gasteiger charge is -2.23. The van der Waals surface area contributed by atoms with Crippen LogP contribution in [0.15, 0.2) is 54.9 Å². The monoisotopic (exact) mass is 334 g/mol. The Morgan fingerprint density at radius 2 is 2.00 bits per heavy atom. The van der Waals surface area contributed by atoms with E-state index < -0.39 is 4.92 Å².